The second kappa shape index (κ2) is 9.02. The molecule has 0 unspecified atom stereocenters. The van der Waals surface area contributed by atoms with Crippen molar-refractivity contribution in [2.24, 2.45) is 15.3 Å². The zero-order valence-electron chi connectivity index (χ0n) is 13.8. The van der Waals surface area contributed by atoms with Crippen molar-refractivity contribution in [2.45, 2.75) is 0 Å². The second-order valence-electron chi connectivity index (χ2n) is 5.22. The van der Waals surface area contributed by atoms with Crippen LogP contribution in [-0.2, 0) is 0 Å². The van der Waals surface area contributed by atoms with Crippen LogP contribution in [0.2, 0.25) is 5.02 Å². The maximum atomic E-state index is 11.7. The highest BCUT2D eigenvalue weighted by atomic mass is 35.5. The summed E-state index contributed by atoms with van der Waals surface area (Å²) in [5.74, 6) is -0.143. The number of allylic oxidation sites excluding steroid dienone is 1. The maximum absolute atomic E-state index is 11.7. The zero-order chi connectivity index (χ0) is 19.1. The Morgan fingerprint density at radius 3 is 2.78 bits per heavy atom. The highest BCUT2D eigenvalue weighted by Crippen LogP contribution is 2.35. The summed E-state index contributed by atoms with van der Waals surface area (Å²) < 4.78 is 0. The molecule has 0 aliphatic carbocycles. The van der Waals surface area contributed by atoms with Crippen molar-refractivity contribution in [3.05, 3.63) is 65.2 Å². The minimum Gasteiger partial charge on any atom is -0.493 e. The smallest absolute Gasteiger partial charge is 0.345 e. The molecule has 3 aromatic rings. The predicted molar refractivity (Wildman–Crippen MR) is 110 cm³/mol. The number of carbonyl (C=O) groups is 1. The average Bonchev–Trinajstić information content (AvgIpc) is 2.99. The molecule has 1 amide bonds. The minimum atomic E-state index is -0.599. The Morgan fingerprint density at radius 2 is 1.96 bits per heavy atom. The van der Waals surface area contributed by atoms with Crippen LogP contribution in [0.1, 0.15) is 5.56 Å². The molecule has 2 aromatic carbocycles. The van der Waals surface area contributed by atoms with Gasteiger partial charge in [0, 0.05) is 16.6 Å². The molecule has 7 nitrogen and oxygen atoms in total. The van der Waals surface area contributed by atoms with Crippen molar-refractivity contribution < 1.29 is 9.90 Å². The first-order valence-corrected chi connectivity index (χ1v) is 8.95. The topological polar surface area (TPSA) is 102 Å². The van der Waals surface area contributed by atoms with E-state index in [0.29, 0.717) is 27.9 Å². The van der Waals surface area contributed by atoms with E-state index in [-0.39, 0.29) is 11.6 Å². The van der Waals surface area contributed by atoms with Gasteiger partial charge in [0.25, 0.3) is 0 Å². The fourth-order valence-electron chi connectivity index (χ4n) is 2.19. The zero-order valence-corrected chi connectivity index (χ0v) is 15.4. The van der Waals surface area contributed by atoms with Crippen LogP contribution in [-0.4, -0.2) is 21.5 Å². The van der Waals surface area contributed by atoms with E-state index in [1.54, 1.807) is 36.4 Å². The van der Waals surface area contributed by atoms with E-state index in [4.69, 9.17) is 11.6 Å². The third-order valence-electron chi connectivity index (χ3n) is 3.40. The van der Waals surface area contributed by atoms with Crippen molar-refractivity contribution in [2.75, 3.05) is 0 Å². The van der Waals surface area contributed by atoms with Gasteiger partial charge < -0.3 is 10.1 Å². The fourth-order valence-corrected chi connectivity index (χ4v) is 2.59. The molecule has 0 spiro atoms. The molecule has 0 aliphatic heterocycles. The number of hydrogen-bond acceptors (Lipinski definition) is 6. The summed E-state index contributed by atoms with van der Waals surface area (Å²) in [4.78, 5) is 17.0. The number of nitrogens with zero attached hydrogens (tertiary/aromatic N) is 3. The molecule has 0 atom stereocenters. The number of H-pyrrole nitrogens is 1. The van der Waals surface area contributed by atoms with E-state index in [1.807, 2.05) is 24.3 Å². The Hall–Kier alpha value is -3.10. The Balaban J connectivity index is 1.50. The van der Waals surface area contributed by atoms with Crippen molar-refractivity contribution in [3.8, 4) is 5.88 Å². The number of hydrazone groups is 1. The van der Waals surface area contributed by atoms with Gasteiger partial charge in [-0.3, -0.25) is 4.79 Å². The van der Waals surface area contributed by atoms with E-state index in [0.717, 1.165) is 5.56 Å². The molecular formula is C18H14ClN5O2S. The molecule has 0 bridgehead atoms. The van der Waals surface area contributed by atoms with Crippen LogP contribution in [0.4, 0.5) is 10.5 Å². The van der Waals surface area contributed by atoms with Gasteiger partial charge in [-0.15, -0.1) is 5.11 Å². The van der Waals surface area contributed by atoms with Crippen LogP contribution in [0.15, 0.2) is 69.9 Å². The van der Waals surface area contributed by atoms with E-state index in [2.05, 4.69) is 25.1 Å². The number of benzene rings is 2. The van der Waals surface area contributed by atoms with Crippen LogP contribution in [0, 0.1) is 0 Å². The third-order valence-corrected chi connectivity index (χ3v) is 4.10. The molecule has 27 heavy (non-hydrogen) atoms. The van der Waals surface area contributed by atoms with Crippen LogP contribution in [0.25, 0.3) is 17.0 Å². The highest BCUT2D eigenvalue weighted by Gasteiger charge is 2.10. The molecule has 0 saturated heterocycles. The summed E-state index contributed by atoms with van der Waals surface area (Å²) >= 11 is 6.48. The van der Waals surface area contributed by atoms with Gasteiger partial charge in [-0.1, -0.05) is 53.1 Å². The van der Waals surface area contributed by atoms with Gasteiger partial charge in [-0.2, -0.15) is 5.10 Å². The molecule has 0 aliphatic rings. The summed E-state index contributed by atoms with van der Waals surface area (Å²) in [6.07, 6.45) is 5.05. The number of halogens is 1. The van der Waals surface area contributed by atoms with Crippen LogP contribution in [0.3, 0.4) is 0 Å². The van der Waals surface area contributed by atoms with Crippen molar-refractivity contribution in [1.82, 2.24) is 9.82 Å². The third kappa shape index (κ3) is 5.19. The van der Waals surface area contributed by atoms with Crippen LogP contribution < -0.4 is 4.83 Å². The number of rotatable bonds is 5. The molecule has 3 rings (SSSR count). The fraction of sp³-hybridized carbons (Fsp3) is 0. The van der Waals surface area contributed by atoms with E-state index >= 15 is 0 Å². The van der Waals surface area contributed by atoms with E-state index < -0.39 is 5.24 Å². The van der Waals surface area contributed by atoms with E-state index in [1.165, 1.54) is 6.21 Å². The number of carbonyl (C=O) groups excluding carboxylic acids is 1. The summed E-state index contributed by atoms with van der Waals surface area (Å²) in [5, 5.41) is 21.8. The summed E-state index contributed by atoms with van der Waals surface area (Å²) in [5.41, 5.74) is 1.90. The molecule has 9 heteroatoms. The summed E-state index contributed by atoms with van der Waals surface area (Å²) in [6, 6.07) is 14.5. The summed E-state index contributed by atoms with van der Waals surface area (Å²) in [7, 11) is 0. The van der Waals surface area contributed by atoms with Gasteiger partial charge in [0.1, 0.15) is 0 Å². The van der Waals surface area contributed by atoms with Crippen LogP contribution in [0.5, 0.6) is 5.88 Å². The number of aromatic amines is 1. The quantitative estimate of drug-likeness (QED) is 0.222. The number of hydrogen-bond donors (Lipinski definition) is 3. The summed E-state index contributed by atoms with van der Waals surface area (Å²) in [6.45, 7) is 0. The highest BCUT2D eigenvalue weighted by molar-refractivity contribution is 8.11. The van der Waals surface area contributed by atoms with Crippen LogP contribution >= 0.6 is 23.5 Å². The Bertz CT molecular complexity index is 1030. The van der Waals surface area contributed by atoms with Crippen molar-refractivity contribution in [3.63, 3.8) is 0 Å². The molecule has 1 heterocycles. The molecule has 0 fully saturated rings. The Labute approximate surface area is 164 Å². The molecule has 1 aromatic heterocycles. The molecular weight excluding hydrogens is 386 g/mol. The predicted octanol–water partition coefficient (Wildman–Crippen LogP) is 5.67. The lowest BCUT2D eigenvalue weighted by atomic mass is 10.2. The van der Waals surface area contributed by atoms with Gasteiger partial charge in [0.15, 0.2) is 5.69 Å². The molecule has 0 saturated carbocycles. The van der Waals surface area contributed by atoms with Gasteiger partial charge in [-0.25, -0.2) is 4.83 Å². The monoisotopic (exact) mass is 399 g/mol. The lowest BCUT2D eigenvalue weighted by molar-refractivity contribution is 0.266. The van der Waals surface area contributed by atoms with Gasteiger partial charge in [0.05, 0.1) is 17.5 Å². The molecule has 0 radical (unpaired) electrons. The Morgan fingerprint density at radius 1 is 1.19 bits per heavy atom. The van der Waals surface area contributed by atoms with Crippen molar-refractivity contribution >= 4 is 57.7 Å². The average molecular weight is 400 g/mol. The number of aromatic nitrogens is 1. The first-order valence-electron chi connectivity index (χ1n) is 7.76. The van der Waals surface area contributed by atoms with Gasteiger partial charge >= 0.3 is 5.24 Å². The lowest BCUT2D eigenvalue weighted by Gasteiger charge is -1.93. The number of fused-ring (bicyclic) bond motifs is 1. The molecule has 136 valence electrons. The Kier molecular flexibility index (Phi) is 6.24. The van der Waals surface area contributed by atoms with E-state index in [9.17, 15) is 9.90 Å². The first kappa shape index (κ1) is 18.7. The number of para-hydroxylation sites is 1. The first-order chi connectivity index (χ1) is 13.1. The lowest BCUT2D eigenvalue weighted by Crippen LogP contribution is -1.96. The number of aromatic hydroxyl groups is 1. The standard InChI is InChI=1S/C18H14ClN5O2S/c19-13-9-7-12(8-10-13)4-3-11-20-24-27-18(26)23-22-16-14-5-1-2-6-15(14)21-17(16)25/h1-11,21,24-25H/b4-3+,20-11+,23-22?. The number of nitrogens with one attached hydrogen (secondary N) is 2. The van der Waals surface area contributed by atoms with Gasteiger partial charge in [0.2, 0.25) is 5.88 Å². The second-order valence-corrected chi connectivity index (χ2v) is 6.39. The number of azo groups is 1. The molecule has 3 N–H and O–H groups in total. The SMILES string of the molecule is O=C(N=Nc1c(O)[nH]c2ccccc12)SN/N=C/C=C/c1ccc(Cl)cc1. The van der Waals surface area contributed by atoms with Crippen molar-refractivity contribution in [1.29, 1.82) is 0 Å². The maximum Gasteiger partial charge on any atom is 0.345 e. The number of amides is 1. The minimum absolute atomic E-state index is 0.143. The van der Waals surface area contributed by atoms with Gasteiger partial charge in [-0.05, 0) is 29.8 Å². The largest absolute Gasteiger partial charge is 0.493 e. The normalized spacial score (nSPS) is 11.9.